The smallest absolute Gasteiger partial charge is 0.270 e. The molecule has 2 saturated heterocycles. The van der Waals surface area contributed by atoms with Crippen LogP contribution in [0.5, 0.6) is 5.75 Å². The zero-order valence-corrected chi connectivity index (χ0v) is 41.2. The Hall–Kier alpha value is -6.18. The van der Waals surface area contributed by atoms with Gasteiger partial charge in [0, 0.05) is 27.1 Å². The third kappa shape index (κ3) is 15.9. The monoisotopic (exact) mass is 1040 g/mol. The number of phenolic OH excluding ortho intramolecular Hbond substituents is 1. The molecule has 0 aromatic heterocycles. The normalized spacial score (nSPS) is 27.3. The van der Waals surface area contributed by atoms with E-state index in [2.05, 4.69) is 47.8 Å². The Morgan fingerprint density at radius 2 is 1.57 bits per heavy atom. The number of phenols is 1. The van der Waals surface area contributed by atoms with Crippen molar-refractivity contribution in [1.82, 2.24) is 41.7 Å². The van der Waals surface area contributed by atoms with Gasteiger partial charge < -0.3 is 73.2 Å². The number of carbonyl (C=O) groups excluding carboxylic acids is 10. The molecule has 0 bridgehead atoms. The number of halogens is 1. The Morgan fingerprint density at radius 3 is 2.14 bits per heavy atom. The lowest BCUT2D eigenvalue weighted by Gasteiger charge is -2.33. The summed E-state index contributed by atoms with van der Waals surface area (Å²) in [6.45, 7) is 7.36. The summed E-state index contributed by atoms with van der Waals surface area (Å²) in [5.41, 5.74) is 10.8. The summed E-state index contributed by atoms with van der Waals surface area (Å²) in [6.07, 6.45) is -4.47. The van der Waals surface area contributed by atoms with Crippen molar-refractivity contribution in [3.8, 4) is 5.75 Å². The molecule has 0 saturated carbocycles. The van der Waals surface area contributed by atoms with Gasteiger partial charge in [0.05, 0.1) is 29.6 Å². The number of primary amides is 2. The molecule has 25 heteroatoms. The highest BCUT2D eigenvalue weighted by Gasteiger charge is 2.45. The molecule has 1 aromatic rings. The molecule has 24 nitrogen and oxygen atoms in total. The third-order valence-electron chi connectivity index (χ3n) is 12.0. The van der Waals surface area contributed by atoms with Crippen LogP contribution >= 0.6 is 15.9 Å². The number of benzene rings is 1. The number of amides is 10. The first-order valence-electron chi connectivity index (χ1n) is 22.3. The number of aliphatic hydroxyl groups is 2. The van der Waals surface area contributed by atoms with E-state index in [1.165, 1.54) is 39.2 Å². The molecule has 0 spiro atoms. The molecule has 382 valence electrons. The molecule has 10 amide bonds. The van der Waals surface area contributed by atoms with E-state index in [0.717, 1.165) is 22.9 Å². The minimum absolute atomic E-state index is 0.0227. The second-order valence-electron chi connectivity index (χ2n) is 17.5. The van der Waals surface area contributed by atoms with Crippen LogP contribution in [0.4, 0.5) is 0 Å². The number of methoxy groups -OCH3 is 1. The summed E-state index contributed by atoms with van der Waals surface area (Å²) in [5, 5.41) is 46.8. The van der Waals surface area contributed by atoms with Gasteiger partial charge in [-0.15, -0.1) is 0 Å². The van der Waals surface area contributed by atoms with Gasteiger partial charge in [0.15, 0.2) is 12.2 Å². The summed E-state index contributed by atoms with van der Waals surface area (Å²) >= 11 is 3.22. The van der Waals surface area contributed by atoms with Gasteiger partial charge in [-0.2, -0.15) is 0 Å². The first-order valence-corrected chi connectivity index (χ1v) is 23.1. The van der Waals surface area contributed by atoms with Gasteiger partial charge in [0.1, 0.15) is 41.7 Å². The van der Waals surface area contributed by atoms with E-state index in [4.69, 9.17) is 16.2 Å². The van der Waals surface area contributed by atoms with Crippen LogP contribution in [-0.4, -0.2) is 166 Å². The number of nitrogens with zero attached hydrogens (tertiary/aromatic N) is 2. The van der Waals surface area contributed by atoms with Crippen molar-refractivity contribution in [3.63, 3.8) is 0 Å². The standard InChI is InChI=1S/C44H65BrN10O14/c1-8-20(3)10-12-26-35(59)42(66)48-25(9-2)43(67)54(6)19-32(58)52-34(36(60)37(47)61)41(65)53-33(22(5)69-7)44(68)55-18-21(4)14-29(55)40(64)51-27(16-23-11-13-30(56)24(45)15-23)38(62)50-28(17-31(46)57)39(63)49-26/h9,11,13,15,20-22,26-29,33-36,56,59-60H,8,10,12,14,16-19H2,1-7H3,(H2,46,57)(H2,47,61)(H,48,66)(H,49,63)(H,50,62)(H,51,64)(H,52,58)(H,53,65)/b25-9-/t20?,21?,22-,26+,27+,28+,29+,33+,34+,35?,36?/m1/s1. The highest BCUT2D eigenvalue weighted by Crippen LogP contribution is 2.27. The number of aliphatic hydroxyl groups excluding tert-OH is 2. The molecule has 2 heterocycles. The first-order chi connectivity index (χ1) is 32.3. The number of fused-ring (bicyclic) bond motifs is 1. The topological polar surface area (TPSA) is 371 Å². The number of nitrogens with two attached hydrogens (primary N) is 2. The van der Waals surface area contributed by atoms with Crippen LogP contribution in [0.1, 0.15) is 72.3 Å². The Labute approximate surface area is 407 Å². The molecule has 3 rings (SSSR count). The van der Waals surface area contributed by atoms with E-state index in [1.807, 2.05) is 13.8 Å². The van der Waals surface area contributed by atoms with Crippen LogP contribution in [0.3, 0.4) is 0 Å². The number of rotatable bonds is 12. The third-order valence-corrected chi connectivity index (χ3v) is 12.6. The SMILES string of the molecule is C/C=C1\NC(=O)C(O)[C@H](CCC(C)CC)NC(=O)[C@H](CC(N)=O)NC(=O)[C@H](Cc2ccc(O)c(Br)c2)NC(=O)[C@@H]2CC(C)CN2C(=O)[C@H]([C@@H](C)OC)NC(=O)[C@H](C(O)C(N)=O)NC(=O)CN(C)C1=O. The van der Waals surface area contributed by atoms with Crippen LogP contribution in [0.2, 0.25) is 0 Å². The van der Waals surface area contributed by atoms with Gasteiger partial charge in [-0.05, 0) is 78.6 Å². The zero-order valence-electron chi connectivity index (χ0n) is 39.6. The number of aromatic hydroxyl groups is 1. The minimum Gasteiger partial charge on any atom is -0.507 e. The molecular weight excluding hydrogens is 972 g/mol. The quantitative estimate of drug-likeness (QED) is 0.0919. The van der Waals surface area contributed by atoms with E-state index in [9.17, 15) is 63.3 Å². The van der Waals surface area contributed by atoms with E-state index < -0.39 is 132 Å². The van der Waals surface area contributed by atoms with Crippen molar-refractivity contribution < 1.29 is 68.0 Å². The lowest BCUT2D eigenvalue weighted by atomic mass is 9.95. The molecule has 13 N–H and O–H groups in total. The first kappa shape index (κ1) is 57.1. The molecular formula is C44H65BrN10O14. The van der Waals surface area contributed by atoms with Gasteiger partial charge in [-0.25, -0.2) is 0 Å². The maximum Gasteiger partial charge on any atom is 0.270 e. The molecule has 2 fully saturated rings. The lowest BCUT2D eigenvalue weighted by molar-refractivity contribution is -0.146. The molecule has 11 atom stereocenters. The van der Waals surface area contributed by atoms with Gasteiger partial charge in [0.25, 0.3) is 11.8 Å². The fraction of sp³-hybridized carbons (Fsp3) is 0.591. The average molecular weight is 1040 g/mol. The minimum atomic E-state index is -2.38. The number of hydrogen-bond acceptors (Lipinski definition) is 14. The van der Waals surface area contributed by atoms with Crippen molar-refractivity contribution in [2.24, 2.45) is 23.3 Å². The predicted octanol–water partition coefficient (Wildman–Crippen LogP) is -3.21. The molecule has 0 aliphatic carbocycles. The Bertz CT molecular complexity index is 2140. The van der Waals surface area contributed by atoms with E-state index in [1.54, 1.807) is 6.92 Å². The molecule has 2 aliphatic heterocycles. The van der Waals surface area contributed by atoms with Crippen molar-refractivity contribution in [3.05, 3.63) is 40.0 Å². The average Bonchev–Trinajstić information content (AvgIpc) is 3.70. The van der Waals surface area contributed by atoms with Gasteiger partial charge >= 0.3 is 0 Å². The Kier molecular flexibility index (Phi) is 21.5. The van der Waals surface area contributed by atoms with Gasteiger partial charge in [-0.3, -0.25) is 47.9 Å². The van der Waals surface area contributed by atoms with Gasteiger partial charge in [-0.1, -0.05) is 39.3 Å². The number of ether oxygens (including phenoxy) is 1. The number of hydrogen-bond donors (Lipinski definition) is 11. The van der Waals surface area contributed by atoms with Crippen LogP contribution in [0.15, 0.2) is 34.4 Å². The highest BCUT2D eigenvalue weighted by atomic mass is 79.9. The number of likely N-dealkylation sites (N-methyl/N-ethyl adjacent to an activating group) is 1. The van der Waals surface area contributed by atoms with Crippen molar-refractivity contribution in [1.29, 1.82) is 0 Å². The molecule has 2 aliphatic rings. The molecule has 1 aromatic carbocycles. The van der Waals surface area contributed by atoms with Crippen LogP contribution < -0.4 is 43.4 Å². The van der Waals surface area contributed by atoms with Crippen molar-refractivity contribution >= 4 is 75.0 Å². The summed E-state index contributed by atoms with van der Waals surface area (Å²) in [7, 11) is 2.35. The summed E-state index contributed by atoms with van der Waals surface area (Å²) in [5.74, 6) is -11.4. The second-order valence-corrected chi connectivity index (χ2v) is 18.3. The van der Waals surface area contributed by atoms with E-state index in [-0.39, 0.29) is 47.9 Å². The highest BCUT2D eigenvalue weighted by molar-refractivity contribution is 9.10. The lowest BCUT2D eigenvalue weighted by Crippen LogP contribution is -2.64. The molecule has 0 radical (unpaired) electrons. The summed E-state index contributed by atoms with van der Waals surface area (Å²) in [4.78, 5) is 138. The van der Waals surface area contributed by atoms with Gasteiger partial charge in [0.2, 0.25) is 47.3 Å². The second kappa shape index (κ2) is 26.0. The predicted molar refractivity (Wildman–Crippen MR) is 248 cm³/mol. The maximum atomic E-state index is 14.5. The number of nitrogens with one attached hydrogen (secondary N) is 6. The van der Waals surface area contributed by atoms with Crippen LogP contribution in [0.25, 0.3) is 0 Å². The Balaban J connectivity index is 2.23. The largest absolute Gasteiger partial charge is 0.507 e. The van der Waals surface area contributed by atoms with Crippen molar-refractivity contribution in [2.75, 3.05) is 27.2 Å². The maximum absolute atomic E-state index is 14.5. The van der Waals surface area contributed by atoms with Crippen molar-refractivity contribution in [2.45, 2.75) is 128 Å². The molecule has 69 heavy (non-hydrogen) atoms. The summed E-state index contributed by atoms with van der Waals surface area (Å²) in [6, 6.07) is -5.56. The number of carbonyl (C=O) groups is 10. The van der Waals surface area contributed by atoms with Crippen LogP contribution in [-0.2, 0) is 59.1 Å². The van der Waals surface area contributed by atoms with Crippen LogP contribution in [0, 0.1) is 11.8 Å². The number of allylic oxidation sites excluding steroid dienone is 1. The fourth-order valence-electron chi connectivity index (χ4n) is 7.61. The zero-order chi connectivity index (χ0) is 52.0. The molecule has 4 unspecified atom stereocenters. The Morgan fingerprint density at radius 1 is 0.928 bits per heavy atom. The fourth-order valence-corrected chi connectivity index (χ4v) is 8.04. The van der Waals surface area contributed by atoms with E-state index >= 15 is 0 Å². The van der Waals surface area contributed by atoms with E-state index in [0.29, 0.717) is 18.4 Å². The summed E-state index contributed by atoms with van der Waals surface area (Å²) < 4.78 is 5.64.